The van der Waals surface area contributed by atoms with Crippen molar-refractivity contribution in [2.45, 2.75) is 12.1 Å². The quantitative estimate of drug-likeness (QED) is 0.592. The molecule has 5 heteroatoms. The first kappa shape index (κ1) is 11.0. The third-order valence-electron chi connectivity index (χ3n) is 2.86. The van der Waals surface area contributed by atoms with Gasteiger partial charge in [-0.3, -0.25) is 10.7 Å². The summed E-state index contributed by atoms with van der Waals surface area (Å²) in [6.45, 7) is 1.11. The van der Waals surface area contributed by atoms with Crippen LogP contribution in [0.4, 0.5) is 0 Å². The van der Waals surface area contributed by atoms with Gasteiger partial charge in [0.15, 0.2) is 0 Å². The highest BCUT2D eigenvalue weighted by Gasteiger charge is 2.29. The van der Waals surface area contributed by atoms with Crippen LogP contribution in [0.25, 0.3) is 0 Å². The van der Waals surface area contributed by atoms with Crippen LogP contribution in [0.3, 0.4) is 0 Å². The molecule has 1 saturated heterocycles. The molecule has 2 unspecified atom stereocenters. The molecular weight excluding hydrogens is 210 g/mol. The molecule has 0 saturated carbocycles. The lowest BCUT2D eigenvalue weighted by Crippen LogP contribution is -2.49. The third-order valence-corrected chi connectivity index (χ3v) is 3.91. The molecule has 0 radical (unpaired) electrons. The average Bonchev–Trinajstić information content (AvgIpc) is 2.75. The van der Waals surface area contributed by atoms with Gasteiger partial charge in [-0.15, -0.1) is 0 Å². The molecule has 2 rings (SSSR count). The number of nitrogens with zero attached hydrogens (tertiary/aromatic N) is 1. The Balaban J connectivity index is 2.11. The van der Waals surface area contributed by atoms with Crippen molar-refractivity contribution in [2.75, 3.05) is 25.1 Å². The van der Waals surface area contributed by atoms with Crippen LogP contribution in [-0.2, 0) is 0 Å². The number of hydrogen-bond acceptors (Lipinski definition) is 5. The number of likely N-dealkylation sites (N-methyl/N-ethyl adjacent to an activating group) is 1. The van der Waals surface area contributed by atoms with E-state index in [-0.39, 0.29) is 6.04 Å². The first-order chi connectivity index (χ1) is 7.33. The predicted octanol–water partition coefficient (Wildman–Crippen LogP) is 0.831. The van der Waals surface area contributed by atoms with E-state index in [0.29, 0.717) is 6.04 Å². The fourth-order valence-corrected chi connectivity index (χ4v) is 3.18. The molecule has 0 spiro atoms. The molecule has 2 atom stereocenters. The van der Waals surface area contributed by atoms with E-state index in [9.17, 15) is 0 Å². The van der Waals surface area contributed by atoms with Crippen molar-refractivity contribution in [1.82, 2.24) is 10.3 Å². The van der Waals surface area contributed by atoms with Crippen LogP contribution in [0.1, 0.15) is 11.8 Å². The zero-order valence-electron chi connectivity index (χ0n) is 8.85. The van der Waals surface area contributed by atoms with E-state index in [0.717, 1.165) is 18.1 Å². The molecule has 15 heavy (non-hydrogen) atoms. The standard InChI is InChI=1S/C10H17N3OS/c1-13-4-6-15-7-8(13)10(12-11)9-3-2-5-14-9/h2-3,5,8,10,12H,4,6-7,11H2,1H3. The fourth-order valence-electron chi connectivity index (χ4n) is 1.91. The maximum absolute atomic E-state index is 5.61. The van der Waals surface area contributed by atoms with Gasteiger partial charge in [0.2, 0.25) is 0 Å². The van der Waals surface area contributed by atoms with Crippen molar-refractivity contribution < 1.29 is 4.42 Å². The number of nitrogens with one attached hydrogen (secondary N) is 1. The molecule has 0 aromatic carbocycles. The van der Waals surface area contributed by atoms with Gasteiger partial charge in [0.25, 0.3) is 0 Å². The molecule has 84 valence electrons. The van der Waals surface area contributed by atoms with Crippen LogP contribution in [0, 0.1) is 0 Å². The third kappa shape index (κ3) is 2.36. The minimum Gasteiger partial charge on any atom is -0.468 e. The van der Waals surface area contributed by atoms with Gasteiger partial charge in [-0.2, -0.15) is 11.8 Å². The second kappa shape index (κ2) is 5.03. The highest BCUT2D eigenvalue weighted by atomic mass is 32.2. The summed E-state index contributed by atoms with van der Waals surface area (Å²) < 4.78 is 5.41. The molecule has 2 heterocycles. The van der Waals surface area contributed by atoms with E-state index in [1.807, 2.05) is 23.9 Å². The Morgan fingerprint density at radius 2 is 2.60 bits per heavy atom. The van der Waals surface area contributed by atoms with Crippen molar-refractivity contribution in [3.63, 3.8) is 0 Å². The largest absolute Gasteiger partial charge is 0.468 e. The van der Waals surface area contributed by atoms with Gasteiger partial charge in [-0.05, 0) is 19.2 Å². The van der Waals surface area contributed by atoms with Crippen LogP contribution in [-0.4, -0.2) is 36.0 Å². The molecule has 1 aliphatic heterocycles. The second-order valence-electron chi connectivity index (χ2n) is 3.78. The fraction of sp³-hybridized carbons (Fsp3) is 0.600. The zero-order valence-corrected chi connectivity index (χ0v) is 9.67. The van der Waals surface area contributed by atoms with Gasteiger partial charge in [0, 0.05) is 24.1 Å². The van der Waals surface area contributed by atoms with E-state index >= 15 is 0 Å². The van der Waals surface area contributed by atoms with E-state index in [1.165, 1.54) is 5.75 Å². The van der Waals surface area contributed by atoms with E-state index < -0.39 is 0 Å². The van der Waals surface area contributed by atoms with Crippen molar-refractivity contribution >= 4 is 11.8 Å². The summed E-state index contributed by atoms with van der Waals surface area (Å²) in [5, 5.41) is 0. The van der Waals surface area contributed by atoms with Gasteiger partial charge in [-0.25, -0.2) is 5.43 Å². The predicted molar refractivity (Wildman–Crippen MR) is 62.5 cm³/mol. The minimum absolute atomic E-state index is 0.0813. The van der Waals surface area contributed by atoms with Crippen LogP contribution in [0.5, 0.6) is 0 Å². The first-order valence-electron chi connectivity index (χ1n) is 5.10. The lowest BCUT2D eigenvalue weighted by molar-refractivity contribution is 0.200. The van der Waals surface area contributed by atoms with Crippen molar-refractivity contribution in [3.8, 4) is 0 Å². The molecule has 0 bridgehead atoms. The smallest absolute Gasteiger partial charge is 0.123 e. The number of rotatable bonds is 3. The Kier molecular flexibility index (Phi) is 3.69. The molecular formula is C10H17N3OS. The summed E-state index contributed by atoms with van der Waals surface area (Å²) in [5.41, 5.74) is 2.86. The van der Waals surface area contributed by atoms with Crippen LogP contribution >= 0.6 is 11.8 Å². The summed E-state index contributed by atoms with van der Waals surface area (Å²) in [4.78, 5) is 2.34. The average molecular weight is 227 g/mol. The summed E-state index contributed by atoms with van der Waals surface area (Å²) in [7, 11) is 2.14. The number of hydrogen-bond donors (Lipinski definition) is 2. The van der Waals surface area contributed by atoms with E-state index in [4.69, 9.17) is 10.3 Å². The maximum Gasteiger partial charge on any atom is 0.123 e. The van der Waals surface area contributed by atoms with Crippen molar-refractivity contribution in [1.29, 1.82) is 0 Å². The zero-order chi connectivity index (χ0) is 10.7. The SMILES string of the molecule is CN1CCSCC1C(NN)c1ccco1. The van der Waals surface area contributed by atoms with Gasteiger partial charge in [0.1, 0.15) is 5.76 Å². The molecule has 4 nitrogen and oxygen atoms in total. The van der Waals surface area contributed by atoms with Crippen molar-refractivity contribution in [3.05, 3.63) is 24.2 Å². The Labute approximate surface area is 94.2 Å². The summed E-state index contributed by atoms with van der Waals surface area (Å²) in [5.74, 6) is 8.81. The summed E-state index contributed by atoms with van der Waals surface area (Å²) in [6.07, 6.45) is 1.69. The van der Waals surface area contributed by atoms with E-state index in [2.05, 4.69) is 17.4 Å². The molecule has 1 aromatic rings. The Morgan fingerprint density at radius 3 is 3.20 bits per heavy atom. The first-order valence-corrected chi connectivity index (χ1v) is 6.26. The number of hydrazine groups is 1. The van der Waals surface area contributed by atoms with Crippen molar-refractivity contribution in [2.24, 2.45) is 5.84 Å². The monoisotopic (exact) mass is 227 g/mol. The number of thioether (sulfide) groups is 1. The molecule has 1 aromatic heterocycles. The second-order valence-corrected chi connectivity index (χ2v) is 4.93. The van der Waals surface area contributed by atoms with E-state index in [1.54, 1.807) is 6.26 Å². The normalized spacial score (nSPS) is 25.3. The lowest BCUT2D eigenvalue weighted by atomic mass is 10.1. The molecule has 0 amide bonds. The molecule has 0 aliphatic carbocycles. The topological polar surface area (TPSA) is 54.4 Å². The Hall–Kier alpha value is -0.490. The highest BCUT2D eigenvalue weighted by Crippen LogP contribution is 2.26. The summed E-state index contributed by atoms with van der Waals surface area (Å²) in [6, 6.07) is 4.35. The van der Waals surface area contributed by atoms with Crippen LogP contribution in [0.2, 0.25) is 0 Å². The highest BCUT2D eigenvalue weighted by molar-refractivity contribution is 7.99. The maximum atomic E-state index is 5.61. The van der Waals surface area contributed by atoms with Gasteiger partial charge in [-0.1, -0.05) is 0 Å². The van der Waals surface area contributed by atoms with Gasteiger partial charge < -0.3 is 4.42 Å². The van der Waals surface area contributed by atoms with Crippen LogP contribution < -0.4 is 11.3 Å². The Morgan fingerprint density at radius 1 is 1.73 bits per heavy atom. The summed E-state index contributed by atoms with van der Waals surface area (Å²) >= 11 is 1.97. The lowest BCUT2D eigenvalue weighted by Gasteiger charge is -2.36. The van der Waals surface area contributed by atoms with Gasteiger partial charge >= 0.3 is 0 Å². The molecule has 3 N–H and O–H groups in total. The number of furan rings is 1. The van der Waals surface area contributed by atoms with Crippen LogP contribution in [0.15, 0.2) is 22.8 Å². The number of nitrogens with two attached hydrogens (primary N) is 1. The minimum atomic E-state index is 0.0813. The Bertz CT molecular complexity index is 291. The molecule has 1 fully saturated rings. The molecule has 1 aliphatic rings. The van der Waals surface area contributed by atoms with Gasteiger partial charge in [0.05, 0.1) is 12.3 Å².